The van der Waals surface area contributed by atoms with E-state index >= 15 is 0 Å². The molecule has 1 fully saturated rings. The first-order valence-electron chi connectivity index (χ1n) is 13.4. The van der Waals surface area contributed by atoms with Crippen molar-refractivity contribution in [2.45, 2.75) is 32.7 Å². The van der Waals surface area contributed by atoms with E-state index in [1.165, 1.54) is 5.56 Å². The van der Waals surface area contributed by atoms with Crippen LogP contribution in [0.3, 0.4) is 0 Å². The molecule has 0 saturated carbocycles. The van der Waals surface area contributed by atoms with Crippen LogP contribution in [0.5, 0.6) is 0 Å². The molecule has 10 nitrogen and oxygen atoms in total. The van der Waals surface area contributed by atoms with Gasteiger partial charge in [0.1, 0.15) is 17.8 Å². The first kappa shape index (κ1) is 26.1. The van der Waals surface area contributed by atoms with Crippen LogP contribution in [0.15, 0.2) is 65.4 Å². The number of aliphatic hydroxyl groups is 1. The number of hydrogen-bond acceptors (Lipinski definition) is 9. The van der Waals surface area contributed by atoms with Gasteiger partial charge in [-0.25, -0.2) is 9.97 Å². The van der Waals surface area contributed by atoms with E-state index in [9.17, 15) is 5.11 Å². The molecule has 1 aliphatic rings. The fourth-order valence-electron chi connectivity index (χ4n) is 5.23. The van der Waals surface area contributed by atoms with Crippen molar-refractivity contribution in [3.05, 3.63) is 77.9 Å². The highest BCUT2D eigenvalue weighted by Crippen LogP contribution is 2.37. The summed E-state index contributed by atoms with van der Waals surface area (Å²) >= 11 is 0. The molecule has 1 N–H and O–H groups in total. The van der Waals surface area contributed by atoms with E-state index in [0.717, 1.165) is 44.9 Å². The Morgan fingerprint density at radius 3 is 2.65 bits per heavy atom. The van der Waals surface area contributed by atoms with Crippen LogP contribution in [-0.2, 0) is 11.3 Å². The Morgan fingerprint density at radius 1 is 1.07 bits per heavy atom. The van der Waals surface area contributed by atoms with Crippen molar-refractivity contribution < 1.29 is 14.4 Å². The maximum Gasteiger partial charge on any atom is 0.165 e. The fraction of sp³-hybridized carbons (Fsp3) is 0.333. The molecule has 0 radical (unpaired) electrons. The summed E-state index contributed by atoms with van der Waals surface area (Å²) < 4.78 is 13.1. The highest BCUT2D eigenvalue weighted by Gasteiger charge is 2.28. The molecular formula is C30H33N7O3. The van der Waals surface area contributed by atoms with Gasteiger partial charge in [0.2, 0.25) is 0 Å². The lowest BCUT2D eigenvalue weighted by atomic mass is 10.0. The van der Waals surface area contributed by atoms with Gasteiger partial charge in [0.25, 0.3) is 0 Å². The molecule has 206 valence electrons. The molecule has 1 aliphatic heterocycles. The second kappa shape index (κ2) is 10.8. The fourth-order valence-corrected chi connectivity index (χ4v) is 5.23. The molecule has 6 rings (SSSR count). The second-order valence-corrected chi connectivity index (χ2v) is 10.4. The first-order valence-corrected chi connectivity index (χ1v) is 13.4. The molecule has 2 unspecified atom stereocenters. The summed E-state index contributed by atoms with van der Waals surface area (Å²) in [6.45, 7) is 6.08. The maximum atomic E-state index is 10.3. The summed E-state index contributed by atoms with van der Waals surface area (Å²) in [5, 5.41) is 19.9. The van der Waals surface area contributed by atoms with Gasteiger partial charge in [0.05, 0.1) is 48.8 Å². The number of aliphatic hydroxyl groups excluding tert-OH is 1. The van der Waals surface area contributed by atoms with Crippen LogP contribution >= 0.6 is 0 Å². The van der Waals surface area contributed by atoms with Crippen molar-refractivity contribution >= 4 is 16.7 Å². The van der Waals surface area contributed by atoms with Gasteiger partial charge in [-0.2, -0.15) is 5.10 Å². The summed E-state index contributed by atoms with van der Waals surface area (Å²) in [4.78, 5) is 14.2. The number of likely N-dealkylation sites (N-methyl/N-ethyl adjacent to an activating group) is 1. The van der Waals surface area contributed by atoms with Crippen molar-refractivity contribution in [2.24, 2.45) is 0 Å². The minimum atomic E-state index is -0.649. The van der Waals surface area contributed by atoms with Gasteiger partial charge in [-0.15, -0.1) is 0 Å². The molecule has 1 saturated heterocycles. The third-order valence-electron chi connectivity index (χ3n) is 7.42. The predicted molar refractivity (Wildman–Crippen MR) is 153 cm³/mol. The number of aromatic nitrogens is 5. The first-order chi connectivity index (χ1) is 19.4. The molecule has 0 spiro atoms. The quantitative estimate of drug-likeness (QED) is 0.304. The molecule has 5 aromatic rings. The van der Waals surface area contributed by atoms with E-state index in [2.05, 4.69) is 51.6 Å². The number of anilines is 1. The summed E-state index contributed by atoms with van der Waals surface area (Å²) in [6, 6.07) is 16.6. The van der Waals surface area contributed by atoms with E-state index in [0.29, 0.717) is 32.1 Å². The average molecular weight is 540 g/mol. The van der Waals surface area contributed by atoms with E-state index in [4.69, 9.17) is 19.2 Å². The van der Waals surface area contributed by atoms with Gasteiger partial charge in [-0.1, -0.05) is 41.6 Å². The van der Waals surface area contributed by atoms with Crippen LogP contribution in [0.1, 0.15) is 23.1 Å². The maximum absolute atomic E-state index is 10.3. The van der Waals surface area contributed by atoms with Gasteiger partial charge in [0, 0.05) is 23.7 Å². The van der Waals surface area contributed by atoms with Crippen molar-refractivity contribution in [2.75, 3.05) is 38.8 Å². The number of morpholine rings is 1. The van der Waals surface area contributed by atoms with Crippen molar-refractivity contribution in [3.8, 4) is 22.5 Å². The normalized spacial score (nSPS) is 16.6. The summed E-state index contributed by atoms with van der Waals surface area (Å²) in [5.41, 5.74) is 5.62. The van der Waals surface area contributed by atoms with Crippen molar-refractivity contribution in [1.82, 2.24) is 29.8 Å². The molecule has 0 aliphatic carbocycles. The number of nitrogens with zero attached hydrogens (tertiary/aromatic N) is 7. The zero-order valence-corrected chi connectivity index (χ0v) is 23.2. The Labute approximate surface area is 232 Å². The molecule has 0 amide bonds. The summed E-state index contributed by atoms with van der Waals surface area (Å²) in [6.07, 6.45) is 2.98. The van der Waals surface area contributed by atoms with E-state index in [-0.39, 0.29) is 6.04 Å². The Balaban J connectivity index is 1.50. The third kappa shape index (κ3) is 4.97. The Kier molecular flexibility index (Phi) is 7.05. The smallest absolute Gasteiger partial charge is 0.165 e. The predicted octanol–water partition coefficient (Wildman–Crippen LogP) is 4.22. The van der Waals surface area contributed by atoms with Crippen LogP contribution < -0.4 is 4.90 Å². The van der Waals surface area contributed by atoms with E-state index in [1.54, 1.807) is 15.8 Å². The zero-order valence-electron chi connectivity index (χ0n) is 23.2. The third-order valence-corrected chi connectivity index (χ3v) is 7.42. The number of ether oxygens (including phenoxy) is 1. The number of fused-ring (bicyclic) bond motifs is 1. The molecule has 4 heterocycles. The highest BCUT2D eigenvalue weighted by molar-refractivity contribution is 5.95. The number of rotatable bonds is 7. The molecule has 3 aromatic heterocycles. The lowest BCUT2D eigenvalue weighted by Gasteiger charge is -2.37. The van der Waals surface area contributed by atoms with Crippen LogP contribution in [0.25, 0.3) is 33.4 Å². The van der Waals surface area contributed by atoms with Crippen LogP contribution in [0.4, 0.5) is 5.82 Å². The lowest BCUT2D eigenvalue weighted by Crippen LogP contribution is -2.40. The molecule has 10 heteroatoms. The zero-order chi connectivity index (χ0) is 27.8. The summed E-state index contributed by atoms with van der Waals surface area (Å²) in [5.74, 6) is 2.19. The standard InChI is InChI=1S/C30H33N7O3/c1-19-28(20(2)40-34-19)22-10-11-25-24(14-22)30(37-12-13-39-18-26(37)21-8-6-5-7-9-21)33-29(32-25)23-15-31-36(16-23)17-27(38)35(3)4/h5-11,14-16,26-27,38H,12-13,17-18H2,1-4H3. The Bertz CT molecular complexity index is 1610. The molecule has 2 aromatic carbocycles. The number of benzene rings is 2. The van der Waals surface area contributed by atoms with Crippen LogP contribution in [-0.4, -0.2) is 75.0 Å². The van der Waals surface area contributed by atoms with Gasteiger partial charge in [-0.3, -0.25) is 9.58 Å². The Hall–Kier alpha value is -4.12. The minimum absolute atomic E-state index is 0.00146. The Morgan fingerprint density at radius 2 is 1.90 bits per heavy atom. The number of aryl methyl sites for hydroxylation is 2. The number of hydrogen-bond donors (Lipinski definition) is 1. The van der Waals surface area contributed by atoms with Crippen LogP contribution in [0, 0.1) is 13.8 Å². The largest absolute Gasteiger partial charge is 0.377 e. The molecular weight excluding hydrogens is 506 g/mol. The molecule has 0 bridgehead atoms. The van der Waals surface area contributed by atoms with Gasteiger partial charge < -0.3 is 19.3 Å². The monoisotopic (exact) mass is 539 g/mol. The van der Waals surface area contributed by atoms with Crippen LogP contribution in [0.2, 0.25) is 0 Å². The van der Waals surface area contributed by atoms with Gasteiger partial charge in [0.15, 0.2) is 5.82 Å². The van der Waals surface area contributed by atoms with Crippen molar-refractivity contribution in [1.29, 1.82) is 0 Å². The molecule has 40 heavy (non-hydrogen) atoms. The van der Waals surface area contributed by atoms with Gasteiger partial charge >= 0.3 is 0 Å². The highest BCUT2D eigenvalue weighted by atomic mass is 16.5. The topological polar surface area (TPSA) is 106 Å². The van der Waals surface area contributed by atoms with E-state index in [1.807, 2.05) is 46.3 Å². The lowest BCUT2D eigenvalue weighted by molar-refractivity contribution is 0.0232. The van der Waals surface area contributed by atoms with Crippen molar-refractivity contribution in [3.63, 3.8) is 0 Å². The van der Waals surface area contributed by atoms with Gasteiger partial charge in [-0.05, 0) is 51.2 Å². The minimum Gasteiger partial charge on any atom is -0.377 e. The summed E-state index contributed by atoms with van der Waals surface area (Å²) in [7, 11) is 3.66. The van der Waals surface area contributed by atoms with E-state index < -0.39 is 6.23 Å². The average Bonchev–Trinajstić information content (AvgIpc) is 3.58. The SMILES string of the molecule is Cc1noc(C)c1-c1ccc2nc(-c3cnn(CC(O)N(C)C)c3)nc(N3CCOCC3c3ccccc3)c2c1. The molecule has 2 atom stereocenters. The second-order valence-electron chi connectivity index (χ2n) is 10.4.